The van der Waals surface area contributed by atoms with Crippen molar-refractivity contribution in [2.75, 3.05) is 37.9 Å². The van der Waals surface area contributed by atoms with E-state index in [1.807, 2.05) is 11.9 Å². The Hall–Kier alpha value is -0.640. The molecule has 0 unspecified atom stereocenters. The number of rotatable bonds is 5. The van der Waals surface area contributed by atoms with Crippen molar-refractivity contribution < 1.29 is 4.74 Å². The van der Waals surface area contributed by atoms with Crippen molar-refractivity contribution in [3.05, 3.63) is 22.2 Å². The molecule has 90 valence electrons. The lowest BCUT2D eigenvalue weighted by Gasteiger charge is -2.22. The number of anilines is 2. The van der Waals surface area contributed by atoms with Crippen LogP contribution in [-0.4, -0.2) is 27.3 Å². The Kier molecular flexibility index (Phi) is 5.19. The maximum Gasteiger partial charge on any atom is 0.0743 e. The van der Waals surface area contributed by atoms with Gasteiger partial charge in [-0.3, -0.25) is 0 Å². The Balaban J connectivity index is 2.78. The number of nitrogens with two attached hydrogens (primary N) is 1. The van der Waals surface area contributed by atoms with E-state index in [0.717, 1.165) is 18.7 Å². The van der Waals surface area contributed by atoms with E-state index in [4.69, 9.17) is 33.7 Å². The highest BCUT2D eigenvalue weighted by Crippen LogP contribution is 2.35. The van der Waals surface area contributed by atoms with Crippen LogP contribution in [0.3, 0.4) is 0 Å². The lowest BCUT2D eigenvalue weighted by molar-refractivity contribution is 0.196. The number of methoxy groups -OCH3 is 1. The van der Waals surface area contributed by atoms with Crippen molar-refractivity contribution in [1.29, 1.82) is 0 Å². The fraction of sp³-hybridized carbons (Fsp3) is 0.455. The minimum Gasteiger partial charge on any atom is -0.399 e. The molecule has 0 bridgehead atoms. The van der Waals surface area contributed by atoms with Crippen LogP contribution in [0.5, 0.6) is 0 Å². The summed E-state index contributed by atoms with van der Waals surface area (Å²) >= 11 is 12.2. The first-order valence-corrected chi connectivity index (χ1v) is 5.76. The molecule has 3 nitrogen and oxygen atoms in total. The normalized spacial score (nSPS) is 10.5. The molecule has 0 aliphatic rings. The summed E-state index contributed by atoms with van der Waals surface area (Å²) in [7, 11) is 3.63. The number of hydrogen-bond donors (Lipinski definition) is 1. The quantitative estimate of drug-likeness (QED) is 0.655. The predicted molar refractivity (Wildman–Crippen MR) is 70.6 cm³/mol. The smallest absolute Gasteiger partial charge is 0.0743 e. The molecule has 0 aromatic heterocycles. The number of nitrogens with zero attached hydrogens (tertiary/aromatic N) is 1. The first-order chi connectivity index (χ1) is 7.56. The molecule has 1 aromatic rings. The highest BCUT2D eigenvalue weighted by Gasteiger charge is 2.11. The lowest BCUT2D eigenvalue weighted by atomic mass is 10.2. The summed E-state index contributed by atoms with van der Waals surface area (Å²) in [5.74, 6) is 0. The van der Waals surface area contributed by atoms with Crippen molar-refractivity contribution in [3.63, 3.8) is 0 Å². The number of nitrogen functional groups attached to an aromatic ring is 1. The molecule has 2 N–H and O–H groups in total. The third-order valence-electron chi connectivity index (χ3n) is 2.26. The molecule has 0 heterocycles. The summed E-state index contributed by atoms with van der Waals surface area (Å²) in [5, 5.41) is 1.15. The minimum absolute atomic E-state index is 0.573. The van der Waals surface area contributed by atoms with E-state index >= 15 is 0 Å². The monoisotopic (exact) mass is 262 g/mol. The molecular formula is C11H16Cl2N2O. The van der Waals surface area contributed by atoms with Gasteiger partial charge in [-0.25, -0.2) is 0 Å². The van der Waals surface area contributed by atoms with E-state index in [1.165, 1.54) is 0 Å². The van der Waals surface area contributed by atoms with Gasteiger partial charge in [-0.05, 0) is 18.6 Å². The lowest BCUT2D eigenvalue weighted by Crippen LogP contribution is -2.20. The van der Waals surface area contributed by atoms with E-state index in [2.05, 4.69) is 0 Å². The SMILES string of the molecule is COCCCN(C)c1c(Cl)cc(N)cc1Cl. The van der Waals surface area contributed by atoms with Gasteiger partial charge in [0.25, 0.3) is 0 Å². The first kappa shape index (κ1) is 13.4. The van der Waals surface area contributed by atoms with Gasteiger partial charge in [0, 0.05) is 33.0 Å². The van der Waals surface area contributed by atoms with E-state index in [1.54, 1.807) is 19.2 Å². The molecule has 0 saturated heterocycles. The molecule has 16 heavy (non-hydrogen) atoms. The average Bonchev–Trinajstić information content (AvgIpc) is 2.16. The van der Waals surface area contributed by atoms with E-state index < -0.39 is 0 Å². The van der Waals surface area contributed by atoms with E-state index in [9.17, 15) is 0 Å². The molecule has 1 rings (SSSR count). The summed E-state index contributed by atoms with van der Waals surface area (Å²) in [6.45, 7) is 1.55. The maximum absolute atomic E-state index is 6.11. The molecule has 0 aliphatic heterocycles. The molecule has 0 aliphatic carbocycles. The first-order valence-electron chi connectivity index (χ1n) is 5.01. The number of halogens is 2. The largest absolute Gasteiger partial charge is 0.399 e. The summed E-state index contributed by atoms with van der Waals surface area (Å²) in [5.41, 5.74) is 7.03. The van der Waals surface area contributed by atoms with Crippen molar-refractivity contribution >= 4 is 34.6 Å². The van der Waals surface area contributed by atoms with Crippen LogP contribution >= 0.6 is 23.2 Å². The van der Waals surface area contributed by atoms with Gasteiger partial charge in [0.2, 0.25) is 0 Å². The second-order valence-electron chi connectivity index (χ2n) is 3.60. The summed E-state index contributed by atoms with van der Waals surface area (Å²) < 4.78 is 5.00. The van der Waals surface area contributed by atoms with Gasteiger partial charge in [-0.2, -0.15) is 0 Å². The van der Waals surface area contributed by atoms with Gasteiger partial charge in [-0.1, -0.05) is 23.2 Å². The van der Waals surface area contributed by atoms with Crippen LogP contribution in [0.4, 0.5) is 11.4 Å². The van der Waals surface area contributed by atoms with E-state index in [-0.39, 0.29) is 0 Å². The van der Waals surface area contributed by atoms with Gasteiger partial charge >= 0.3 is 0 Å². The molecule has 0 radical (unpaired) electrons. The average molecular weight is 263 g/mol. The van der Waals surface area contributed by atoms with Crippen LogP contribution < -0.4 is 10.6 Å². The summed E-state index contributed by atoms with van der Waals surface area (Å²) in [6.07, 6.45) is 0.921. The Morgan fingerprint density at radius 1 is 1.31 bits per heavy atom. The van der Waals surface area contributed by atoms with Gasteiger partial charge < -0.3 is 15.4 Å². The fourth-order valence-electron chi connectivity index (χ4n) is 1.51. The van der Waals surface area contributed by atoms with Crippen LogP contribution in [0, 0.1) is 0 Å². The van der Waals surface area contributed by atoms with Gasteiger partial charge in [-0.15, -0.1) is 0 Å². The predicted octanol–water partition coefficient (Wildman–Crippen LogP) is 3.05. The maximum atomic E-state index is 6.11. The molecule has 0 atom stereocenters. The molecular weight excluding hydrogens is 247 g/mol. The number of hydrogen-bond acceptors (Lipinski definition) is 3. The third kappa shape index (κ3) is 3.44. The van der Waals surface area contributed by atoms with Crippen LogP contribution in [0.15, 0.2) is 12.1 Å². The zero-order chi connectivity index (χ0) is 12.1. The van der Waals surface area contributed by atoms with Gasteiger partial charge in [0.05, 0.1) is 15.7 Å². The van der Waals surface area contributed by atoms with Crippen molar-refractivity contribution in [2.24, 2.45) is 0 Å². The van der Waals surface area contributed by atoms with Gasteiger partial charge in [0.1, 0.15) is 0 Å². The zero-order valence-corrected chi connectivity index (χ0v) is 11.0. The molecule has 0 amide bonds. The van der Waals surface area contributed by atoms with Gasteiger partial charge in [0.15, 0.2) is 0 Å². The number of ether oxygens (including phenoxy) is 1. The molecule has 0 spiro atoms. The standard InChI is InChI=1S/C11H16Cl2N2O/c1-15(4-3-5-16-2)11-9(12)6-8(14)7-10(11)13/h6-7H,3-5,14H2,1-2H3. The van der Waals surface area contributed by atoms with Crippen LogP contribution in [-0.2, 0) is 4.74 Å². The molecule has 1 aromatic carbocycles. The Bertz CT molecular complexity index is 335. The Labute approximate surface area is 106 Å². The highest BCUT2D eigenvalue weighted by molar-refractivity contribution is 6.39. The topological polar surface area (TPSA) is 38.5 Å². The molecule has 5 heteroatoms. The Morgan fingerprint density at radius 2 is 1.88 bits per heavy atom. The highest BCUT2D eigenvalue weighted by atomic mass is 35.5. The second-order valence-corrected chi connectivity index (χ2v) is 4.42. The van der Waals surface area contributed by atoms with Crippen LogP contribution in [0.2, 0.25) is 10.0 Å². The summed E-state index contributed by atoms with van der Waals surface area (Å²) in [4.78, 5) is 2.00. The van der Waals surface area contributed by atoms with E-state index in [0.29, 0.717) is 22.3 Å². The molecule has 0 fully saturated rings. The molecule has 0 saturated carbocycles. The zero-order valence-electron chi connectivity index (χ0n) is 9.46. The van der Waals surface area contributed by atoms with Crippen molar-refractivity contribution in [1.82, 2.24) is 0 Å². The third-order valence-corrected chi connectivity index (χ3v) is 2.84. The van der Waals surface area contributed by atoms with Crippen LogP contribution in [0.25, 0.3) is 0 Å². The van der Waals surface area contributed by atoms with Crippen molar-refractivity contribution in [2.45, 2.75) is 6.42 Å². The van der Waals surface area contributed by atoms with Crippen molar-refractivity contribution in [3.8, 4) is 0 Å². The fourth-order valence-corrected chi connectivity index (χ4v) is 2.30. The minimum atomic E-state index is 0.573. The summed E-state index contributed by atoms with van der Waals surface area (Å²) in [6, 6.07) is 3.41. The second kappa shape index (κ2) is 6.18. The number of benzene rings is 1. The Morgan fingerprint density at radius 3 is 2.38 bits per heavy atom. The van der Waals surface area contributed by atoms with Crippen LogP contribution in [0.1, 0.15) is 6.42 Å².